The molecular weight excluding hydrogens is 236 g/mol. The molecule has 16 heavy (non-hydrogen) atoms. The first-order valence-corrected chi connectivity index (χ1v) is 6.82. The quantitative estimate of drug-likeness (QED) is 0.597. The van der Waals surface area contributed by atoms with Gasteiger partial charge in [-0.25, -0.2) is 0 Å². The van der Waals surface area contributed by atoms with E-state index in [1.165, 1.54) is 15.3 Å². The molecule has 2 aromatic rings. The molecule has 0 saturated heterocycles. The molecule has 1 heterocycles. The maximum absolute atomic E-state index is 10.5. The first-order valence-electron chi connectivity index (χ1n) is 5.02. The lowest BCUT2D eigenvalue weighted by atomic mass is 10.1. The van der Waals surface area contributed by atoms with E-state index in [0.29, 0.717) is 0 Å². The van der Waals surface area contributed by atoms with Gasteiger partial charge in [-0.1, -0.05) is 24.3 Å². The van der Waals surface area contributed by atoms with E-state index in [1.54, 1.807) is 23.1 Å². The van der Waals surface area contributed by atoms with Crippen LogP contribution in [0.15, 0.2) is 40.6 Å². The summed E-state index contributed by atoms with van der Waals surface area (Å²) in [6.45, 7) is 2.13. The van der Waals surface area contributed by atoms with Crippen molar-refractivity contribution in [1.29, 1.82) is 0 Å². The van der Waals surface area contributed by atoms with Gasteiger partial charge in [0.1, 0.15) is 0 Å². The average molecular weight is 248 g/mol. The van der Waals surface area contributed by atoms with Gasteiger partial charge in [-0.3, -0.25) is 4.79 Å². The van der Waals surface area contributed by atoms with Crippen molar-refractivity contribution in [3.63, 3.8) is 0 Å². The highest BCUT2D eigenvalue weighted by atomic mass is 32.2. The Bertz CT molecular complexity index is 488. The fourth-order valence-electron chi connectivity index (χ4n) is 1.40. The summed E-state index contributed by atoms with van der Waals surface area (Å²) < 4.78 is 1.20. The normalized spacial score (nSPS) is 10.3. The molecule has 0 fully saturated rings. The van der Waals surface area contributed by atoms with Gasteiger partial charge >= 0.3 is 0 Å². The molecule has 3 heteroatoms. The second kappa shape index (κ2) is 5.32. The molecule has 0 saturated carbocycles. The van der Waals surface area contributed by atoms with Gasteiger partial charge in [0.2, 0.25) is 0 Å². The monoisotopic (exact) mass is 248 g/mol. The number of carbonyl (C=O) groups is 1. The van der Waals surface area contributed by atoms with Crippen LogP contribution in [-0.2, 0) is 5.75 Å². The van der Waals surface area contributed by atoms with Crippen molar-refractivity contribution in [3.05, 3.63) is 52.4 Å². The number of thioether (sulfide) groups is 1. The zero-order valence-corrected chi connectivity index (χ0v) is 10.6. The fourth-order valence-corrected chi connectivity index (χ4v) is 3.44. The lowest BCUT2D eigenvalue weighted by Crippen LogP contribution is -1.83. The van der Waals surface area contributed by atoms with Crippen LogP contribution in [0.4, 0.5) is 0 Å². The second-order valence-electron chi connectivity index (χ2n) is 3.49. The van der Waals surface area contributed by atoms with Gasteiger partial charge in [-0.05, 0) is 30.2 Å². The molecule has 0 atom stereocenters. The third kappa shape index (κ3) is 2.74. The Hall–Kier alpha value is -1.06. The van der Waals surface area contributed by atoms with Gasteiger partial charge in [-0.15, -0.1) is 23.1 Å². The van der Waals surface area contributed by atoms with Gasteiger partial charge in [0.25, 0.3) is 0 Å². The zero-order valence-electron chi connectivity index (χ0n) is 8.97. The van der Waals surface area contributed by atoms with Crippen molar-refractivity contribution >= 4 is 29.4 Å². The van der Waals surface area contributed by atoms with Crippen LogP contribution in [0.5, 0.6) is 0 Å². The number of carbonyl (C=O) groups excluding carboxylic acids is 1. The predicted octanol–water partition coefficient (Wildman–Crippen LogP) is 4.16. The van der Waals surface area contributed by atoms with Gasteiger partial charge in [-0.2, -0.15) is 0 Å². The Balaban J connectivity index is 2.02. The zero-order chi connectivity index (χ0) is 11.4. The SMILES string of the molecule is Cc1ccccc1CSc1ccc(C=O)s1. The third-order valence-electron chi connectivity index (χ3n) is 2.35. The van der Waals surface area contributed by atoms with Crippen LogP contribution in [0.3, 0.4) is 0 Å². The van der Waals surface area contributed by atoms with Crippen LogP contribution in [0.2, 0.25) is 0 Å². The molecule has 1 nitrogen and oxygen atoms in total. The van der Waals surface area contributed by atoms with Crippen LogP contribution in [0.25, 0.3) is 0 Å². The number of hydrogen-bond acceptors (Lipinski definition) is 3. The van der Waals surface area contributed by atoms with Crippen molar-refractivity contribution in [3.8, 4) is 0 Å². The Morgan fingerprint density at radius 1 is 1.25 bits per heavy atom. The van der Waals surface area contributed by atoms with Crippen LogP contribution in [-0.4, -0.2) is 6.29 Å². The molecule has 0 spiro atoms. The maximum Gasteiger partial charge on any atom is 0.160 e. The average Bonchev–Trinajstić information content (AvgIpc) is 2.76. The highest BCUT2D eigenvalue weighted by molar-refractivity contribution is 8.00. The summed E-state index contributed by atoms with van der Waals surface area (Å²) in [7, 11) is 0. The Kier molecular flexibility index (Phi) is 3.80. The summed E-state index contributed by atoms with van der Waals surface area (Å²) in [4.78, 5) is 11.3. The third-order valence-corrected chi connectivity index (χ3v) is 4.63. The molecule has 1 aromatic heterocycles. The first kappa shape index (κ1) is 11.4. The summed E-state index contributed by atoms with van der Waals surface area (Å²) in [5.74, 6) is 0.964. The van der Waals surface area contributed by atoms with E-state index in [2.05, 4.69) is 31.2 Å². The predicted molar refractivity (Wildman–Crippen MR) is 70.4 cm³/mol. The molecule has 0 amide bonds. The number of hydrogen-bond donors (Lipinski definition) is 0. The van der Waals surface area contributed by atoms with Crippen molar-refractivity contribution in [2.45, 2.75) is 16.9 Å². The van der Waals surface area contributed by atoms with Crippen LogP contribution >= 0.6 is 23.1 Å². The molecule has 0 aliphatic heterocycles. The van der Waals surface area contributed by atoms with Crippen LogP contribution < -0.4 is 0 Å². The first-order chi connectivity index (χ1) is 7.79. The number of rotatable bonds is 4. The topological polar surface area (TPSA) is 17.1 Å². The molecule has 1 aromatic carbocycles. The molecule has 0 unspecified atom stereocenters. The highest BCUT2D eigenvalue weighted by Gasteiger charge is 2.02. The van der Waals surface area contributed by atoms with Gasteiger partial charge in [0, 0.05) is 5.75 Å². The number of benzene rings is 1. The molecule has 0 aliphatic rings. The summed E-state index contributed by atoms with van der Waals surface area (Å²) in [6, 6.07) is 12.3. The molecular formula is C13H12OS2. The second-order valence-corrected chi connectivity index (χ2v) is 5.88. The minimum atomic E-state index is 0.798. The summed E-state index contributed by atoms with van der Waals surface area (Å²) in [5.41, 5.74) is 2.68. The number of aldehydes is 1. The molecule has 0 radical (unpaired) electrons. The molecule has 2 rings (SSSR count). The van der Waals surface area contributed by atoms with Crippen molar-refractivity contribution in [2.75, 3.05) is 0 Å². The van der Waals surface area contributed by atoms with E-state index in [4.69, 9.17) is 0 Å². The number of aryl methyl sites for hydroxylation is 1. The van der Waals surface area contributed by atoms with Crippen LogP contribution in [0.1, 0.15) is 20.8 Å². The molecule has 0 aliphatic carbocycles. The van der Waals surface area contributed by atoms with Crippen molar-refractivity contribution < 1.29 is 4.79 Å². The lowest BCUT2D eigenvalue weighted by Gasteiger charge is -2.03. The molecule has 82 valence electrons. The summed E-state index contributed by atoms with van der Waals surface area (Å²) in [5, 5.41) is 0. The molecule has 0 N–H and O–H groups in total. The maximum atomic E-state index is 10.5. The minimum Gasteiger partial charge on any atom is -0.297 e. The Labute approximate surface area is 104 Å². The van der Waals surface area contributed by atoms with E-state index in [9.17, 15) is 4.79 Å². The van der Waals surface area contributed by atoms with Crippen molar-refractivity contribution in [1.82, 2.24) is 0 Å². The fraction of sp³-hybridized carbons (Fsp3) is 0.154. The van der Waals surface area contributed by atoms with Gasteiger partial charge in [0.15, 0.2) is 6.29 Å². The molecule has 0 bridgehead atoms. The standard InChI is InChI=1S/C13H12OS2/c1-10-4-2-3-5-11(10)9-15-13-7-6-12(8-14)16-13/h2-8H,9H2,1H3. The van der Waals surface area contributed by atoms with Gasteiger partial charge < -0.3 is 0 Å². The van der Waals surface area contributed by atoms with E-state index >= 15 is 0 Å². The highest BCUT2D eigenvalue weighted by Crippen LogP contribution is 2.29. The van der Waals surface area contributed by atoms with E-state index in [-0.39, 0.29) is 0 Å². The summed E-state index contributed by atoms with van der Waals surface area (Å²) >= 11 is 3.34. The smallest absolute Gasteiger partial charge is 0.160 e. The largest absolute Gasteiger partial charge is 0.297 e. The van der Waals surface area contributed by atoms with Crippen LogP contribution in [0, 0.1) is 6.92 Å². The van der Waals surface area contributed by atoms with Gasteiger partial charge in [0.05, 0.1) is 9.09 Å². The summed E-state index contributed by atoms with van der Waals surface area (Å²) in [6.07, 6.45) is 0.905. The Morgan fingerprint density at radius 2 is 2.06 bits per heavy atom. The Morgan fingerprint density at radius 3 is 2.75 bits per heavy atom. The number of thiophene rings is 1. The minimum absolute atomic E-state index is 0.798. The van der Waals surface area contributed by atoms with E-state index < -0.39 is 0 Å². The van der Waals surface area contributed by atoms with Crippen molar-refractivity contribution in [2.24, 2.45) is 0 Å². The van der Waals surface area contributed by atoms with E-state index in [1.807, 2.05) is 12.1 Å². The van der Waals surface area contributed by atoms with E-state index in [0.717, 1.165) is 16.9 Å². The lowest BCUT2D eigenvalue weighted by molar-refractivity contribution is 0.112.